The van der Waals surface area contributed by atoms with Gasteiger partial charge >= 0.3 is 0 Å². The second kappa shape index (κ2) is 4.24. The van der Waals surface area contributed by atoms with Crippen molar-refractivity contribution in [1.82, 2.24) is 0 Å². The maximum atomic E-state index is 9.48. The van der Waals surface area contributed by atoms with Crippen molar-refractivity contribution in [1.29, 1.82) is 0 Å². The number of rotatable bonds is 3. The van der Waals surface area contributed by atoms with Gasteiger partial charge in [0.2, 0.25) is 0 Å². The lowest BCUT2D eigenvalue weighted by molar-refractivity contribution is -0.0844. The van der Waals surface area contributed by atoms with Crippen LogP contribution in [0.3, 0.4) is 0 Å². The SMILES string of the molecule is COc1cc(C)c(C2(CO)COC2)cc1Cl. The summed E-state index contributed by atoms with van der Waals surface area (Å²) < 4.78 is 10.4. The normalized spacial score (nSPS) is 18.0. The van der Waals surface area contributed by atoms with Gasteiger partial charge in [0.05, 0.1) is 37.4 Å². The summed E-state index contributed by atoms with van der Waals surface area (Å²) >= 11 is 6.10. The van der Waals surface area contributed by atoms with Gasteiger partial charge < -0.3 is 14.6 Å². The Morgan fingerprint density at radius 1 is 1.50 bits per heavy atom. The molecule has 1 aliphatic rings. The molecule has 88 valence electrons. The summed E-state index contributed by atoms with van der Waals surface area (Å²) in [4.78, 5) is 0. The van der Waals surface area contributed by atoms with E-state index in [1.807, 2.05) is 19.1 Å². The maximum Gasteiger partial charge on any atom is 0.137 e. The summed E-state index contributed by atoms with van der Waals surface area (Å²) in [6.07, 6.45) is 0. The minimum atomic E-state index is -0.278. The van der Waals surface area contributed by atoms with Crippen molar-refractivity contribution in [3.63, 3.8) is 0 Å². The molecule has 16 heavy (non-hydrogen) atoms. The zero-order valence-corrected chi connectivity index (χ0v) is 10.2. The van der Waals surface area contributed by atoms with Crippen LogP contribution in [0.2, 0.25) is 5.02 Å². The van der Waals surface area contributed by atoms with Crippen LogP contribution in [0.5, 0.6) is 5.75 Å². The molecule has 3 nitrogen and oxygen atoms in total. The van der Waals surface area contributed by atoms with Crippen molar-refractivity contribution in [3.05, 3.63) is 28.3 Å². The highest BCUT2D eigenvalue weighted by molar-refractivity contribution is 6.32. The molecule has 0 aromatic heterocycles. The Bertz CT molecular complexity index is 394. The van der Waals surface area contributed by atoms with E-state index in [0.29, 0.717) is 24.0 Å². The van der Waals surface area contributed by atoms with Crippen LogP contribution in [0, 0.1) is 6.92 Å². The second-order valence-electron chi connectivity index (χ2n) is 4.23. The Balaban J connectivity index is 2.45. The predicted octanol–water partition coefficient (Wildman–Crippen LogP) is 1.92. The molecule has 0 atom stereocenters. The summed E-state index contributed by atoms with van der Waals surface area (Å²) in [5.41, 5.74) is 1.84. The second-order valence-corrected chi connectivity index (χ2v) is 4.64. The van der Waals surface area contributed by atoms with Crippen LogP contribution < -0.4 is 4.74 Å². The molecule has 0 bridgehead atoms. The van der Waals surface area contributed by atoms with Gasteiger partial charge in [0.15, 0.2) is 0 Å². The van der Waals surface area contributed by atoms with Gasteiger partial charge in [-0.3, -0.25) is 0 Å². The fraction of sp³-hybridized carbons (Fsp3) is 0.500. The first-order valence-corrected chi connectivity index (χ1v) is 5.54. The number of ether oxygens (including phenoxy) is 2. The van der Waals surface area contributed by atoms with E-state index in [9.17, 15) is 5.11 Å². The Morgan fingerprint density at radius 2 is 2.19 bits per heavy atom. The van der Waals surface area contributed by atoms with E-state index < -0.39 is 0 Å². The van der Waals surface area contributed by atoms with Crippen LogP contribution in [0.25, 0.3) is 0 Å². The van der Waals surface area contributed by atoms with E-state index in [2.05, 4.69) is 0 Å². The number of hydrogen-bond donors (Lipinski definition) is 1. The molecule has 0 aliphatic carbocycles. The quantitative estimate of drug-likeness (QED) is 0.880. The number of halogens is 1. The highest BCUT2D eigenvalue weighted by Crippen LogP contribution is 2.38. The van der Waals surface area contributed by atoms with Crippen molar-refractivity contribution in [2.45, 2.75) is 12.3 Å². The number of aliphatic hydroxyl groups excluding tert-OH is 1. The smallest absolute Gasteiger partial charge is 0.137 e. The zero-order chi connectivity index (χ0) is 11.8. The number of hydrogen-bond acceptors (Lipinski definition) is 3. The number of benzene rings is 1. The molecular formula is C12H15ClO3. The van der Waals surface area contributed by atoms with E-state index in [-0.39, 0.29) is 12.0 Å². The topological polar surface area (TPSA) is 38.7 Å². The molecule has 1 saturated heterocycles. The molecule has 0 amide bonds. The molecule has 0 saturated carbocycles. The lowest BCUT2D eigenvalue weighted by atomic mass is 9.77. The molecule has 2 rings (SSSR count). The minimum absolute atomic E-state index is 0.0799. The summed E-state index contributed by atoms with van der Waals surface area (Å²) in [7, 11) is 1.59. The molecule has 1 aromatic rings. The monoisotopic (exact) mass is 242 g/mol. The van der Waals surface area contributed by atoms with Gasteiger partial charge in [-0.1, -0.05) is 11.6 Å². The van der Waals surface area contributed by atoms with Gasteiger partial charge in [-0.25, -0.2) is 0 Å². The van der Waals surface area contributed by atoms with Crippen molar-refractivity contribution in [3.8, 4) is 5.75 Å². The molecule has 0 radical (unpaired) electrons. The average molecular weight is 243 g/mol. The average Bonchev–Trinajstić information content (AvgIpc) is 2.22. The first kappa shape index (κ1) is 11.7. The van der Waals surface area contributed by atoms with E-state index in [4.69, 9.17) is 21.1 Å². The first-order valence-electron chi connectivity index (χ1n) is 5.16. The van der Waals surface area contributed by atoms with Crippen LogP contribution in [-0.2, 0) is 10.2 Å². The highest BCUT2D eigenvalue weighted by Gasteiger charge is 2.41. The summed E-state index contributed by atoms with van der Waals surface area (Å²) in [6.45, 7) is 3.17. The standard InChI is InChI=1S/C12H15ClO3/c1-8-3-11(15-2)10(13)4-9(8)12(5-14)6-16-7-12/h3-4,14H,5-7H2,1-2H3. The number of aryl methyl sites for hydroxylation is 1. The molecule has 0 unspecified atom stereocenters. The molecule has 0 spiro atoms. The van der Waals surface area contributed by atoms with Crippen LogP contribution in [0.15, 0.2) is 12.1 Å². The van der Waals surface area contributed by atoms with E-state index in [0.717, 1.165) is 11.1 Å². The van der Waals surface area contributed by atoms with E-state index in [1.165, 1.54) is 0 Å². The van der Waals surface area contributed by atoms with Gasteiger partial charge in [0, 0.05) is 0 Å². The van der Waals surface area contributed by atoms with Gasteiger partial charge in [-0.2, -0.15) is 0 Å². The summed E-state index contributed by atoms with van der Waals surface area (Å²) in [6, 6.07) is 3.77. The third-order valence-electron chi connectivity index (χ3n) is 3.13. The van der Waals surface area contributed by atoms with Crippen molar-refractivity contribution >= 4 is 11.6 Å². The number of methoxy groups -OCH3 is 1. The third kappa shape index (κ3) is 1.69. The number of aliphatic hydroxyl groups is 1. The van der Waals surface area contributed by atoms with Gasteiger partial charge in [0.1, 0.15) is 5.75 Å². The zero-order valence-electron chi connectivity index (χ0n) is 9.42. The summed E-state index contributed by atoms with van der Waals surface area (Å²) in [5.74, 6) is 0.663. The fourth-order valence-corrected chi connectivity index (χ4v) is 2.30. The van der Waals surface area contributed by atoms with Gasteiger partial charge in [-0.05, 0) is 30.2 Å². The predicted molar refractivity (Wildman–Crippen MR) is 62.3 cm³/mol. The van der Waals surface area contributed by atoms with Crippen LogP contribution >= 0.6 is 11.6 Å². The highest BCUT2D eigenvalue weighted by atomic mass is 35.5. The fourth-order valence-electron chi connectivity index (χ4n) is 2.06. The molecule has 1 N–H and O–H groups in total. The maximum absolute atomic E-state index is 9.48. The molecule has 1 aliphatic heterocycles. The lowest BCUT2D eigenvalue weighted by Crippen LogP contribution is -2.50. The Labute approximate surface area is 99.9 Å². The summed E-state index contributed by atoms with van der Waals surface area (Å²) in [5, 5.41) is 10.0. The van der Waals surface area contributed by atoms with Crippen LogP contribution in [0.4, 0.5) is 0 Å². The largest absolute Gasteiger partial charge is 0.495 e. The third-order valence-corrected chi connectivity index (χ3v) is 3.42. The minimum Gasteiger partial charge on any atom is -0.495 e. The van der Waals surface area contributed by atoms with Crippen LogP contribution in [-0.4, -0.2) is 32.0 Å². The van der Waals surface area contributed by atoms with E-state index >= 15 is 0 Å². The Hall–Kier alpha value is -0.770. The van der Waals surface area contributed by atoms with Crippen molar-refractivity contribution < 1.29 is 14.6 Å². The van der Waals surface area contributed by atoms with Gasteiger partial charge in [0.25, 0.3) is 0 Å². The van der Waals surface area contributed by atoms with E-state index in [1.54, 1.807) is 7.11 Å². The lowest BCUT2D eigenvalue weighted by Gasteiger charge is -2.41. The molecule has 1 aromatic carbocycles. The van der Waals surface area contributed by atoms with Crippen molar-refractivity contribution in [2.24, 2.45) is 0 Å². The van der Waals surface area contributed by atoms with Crippen molar-refractivity contribution in [2.75, 3.05) is 26.9 Å². The van der Waals surface area contributed by atoms with Gasteiger partial charge in [-0.15, -0.1) is 0 Å². The Morgan fingerprint density at radius 3 is 2.62 bits per heavy atom. The van der Waals surface area contributed by atoms with Crippen LogP contribution in [0.1, 0.15) is 11.1 Å². The molecule has 1 fully saturated rings. The molecular weight excluding hydrogens is 228 g/mol. The Kier molecular flexibility index (Phi) is 3.10. The first-order chi connectivity index (χ1) is 7.63. The molecule has 1 heterocycles. The molecule has 4 heteroatoms.